The Morgan fingerprint density at radius 2 is 1.43 bits per heavy atom. The first-order valence-electron chi connectivity index (χ1n) is 14.1. The summed E-state index contributed by atoms with van der Waals surface area (Å²) >= 11 is 0. The monoisotopic (exact) mass is 540 g/mol. The largest absolute Gasteiger partial charge is 0.406 e. The SMILES string of the molecule is CC[Si](CC)(CC)O[C@H]1C(O)O[C@H]2C[C@H]3O[C@]21C[C@@H]3O[Si](c1ccccc1)(c1ccccc1)C(C)(C)C. The number of ether oxygens (including phenoxy) is 2. The first-order chi connectivity index (χ1) is 17.6. The third-order valence-electron chi connectivity index (χ3n) is 9.40. The molecule has 1 N–H and O–H groups in total. The lowest BCUT2D eigenvalue weighted by Crippen LogP contribution is -2.68. The minimum absolute atomic E-state index is 0.0637. The molecule has 5 nitrogen and oxygen atoms in total. The first-order valence-corrected chi connectivity index (χ1v) is 18.6. The summed E-state index contributed by atoms with van der Waals surface area (Å²) in [5.74, 6) is 0. The van der Waals surface area contributed by atoms with Gasteiger partial charge in [-0.2, -0.15) is 0 Å². The zero-order valence-electron chi connectivity index (χ0n) is 23.3. The van der Waals surface area contributed by atoms with Gasteiger partial charge in [0.25, 0.3) is 8.32 Å². The van der Waals surface area contributed by atoms with E-state index in [9.17, 15) is 5.11 Å². The lowest BCUT2D eigenvalue weighted by Gasteiger charge is -2.46. The highest BCUT2D eigenvalue weighted by Gasteiger charge is 2.71. The molecule has 3 aliphatic rings. The molecule has 202 valence electrons. The molecule has 0 saturated carbocycles. The van der Waals surface area contributed by atoms with E-state index >= 15 is 0 Å². The van der Waals surface area contributed by atoms with Crippen molar-refractivity contribution in [3.8, 4) is 0 Å². The van der Waals surface area contributed by atoms with Crippen LogP contribution >= 0.6 is 0 Å². The maximum Gasteiger partial charge on any atom is 0.261 e. The Balaban J connectivity index is 1.52. The van der Waals surface area contributed by atoms with Crippen molar-refractivity contribution < 1.29 is 23.4 Å². The van der Waals surface area contributed by atoms with E-state index in [0.717, 1.165) is 24.6 Å². The fraction of sp³-hybridized carbons (Fsp3) is 0.600. The Morgan fingerprint density at radius 3 is 1.92 bits per heavy atom. The van der Waals surface area contributed by atoms with Crippen LogP contribution in [0.5, 0.6) is 0 Å². The van der Waals surface area contributed by atoms with Gasteiger partial charge in [0.05, 0.1) is 18.3 Å². The van der Waals surface area contributed by atoms with E-state index in [0.29, 0.717) is 6.42 Å². The van der Waals surface area contributed by atoms with E-state index in [1.165, 1.54) is 10.4 Å². The van der Waals surface area contributed by atoms with Crippen molar-refractivity contribution in [1.82, 2.24) is 0 Å². The first kappa shape index (κ1) is 27.2. The van der Waals surface area contributed by atoms with Gasteiger partial charge in [-0.25, -0.2) is 0 Å². The molecule has 2 bridgehead atoms. The number of benzene rings is 2. The summed E-state index contributed by atoms with van der Waals surface area (Å²) < 4.78 is 27.3. The number of aliphatic hydroxyl groups excluding tert-OH is 1. The van der Waals surface area contributed by atoms with E-state index in [1.807, 2.05) is 0 Å². The maximum atomic E-state index is 11.0. The molecule has 3 fully saturated rings. The summed E-state index contributed by atoms with van der Waals surface area (Å²) in [6, 6.07) is 24.6. The fourth-order valence-corrected chi connectivity index (χ4v) is 14.7. The van der Waals surface area contributed by atoms with Gasteiger partial charge in [0, 0.05) is 12.8 Å². The van der Waals surface area contributed by atoms with Crippen LogP contribution in [0, 0.1) is 0 Å². The van der Waals surface area contributed by atoms with Gasteiger partial charge in [-0.05, 0) is 33.5 Å². The molecule has 0 amide bonds. The van der Waals surface area contributed by atoms with Crippen LogP contribution in [0.25, 0.3) is 0 Å². The number of hydrogen-bond donors (Lipinski definition) is 1. The molecule has 0 aromatic heterocycles. The molecule has 3 heterocycles. The van der Waals surface area contributed by atoms with Gasteiger partial charge in [-0.3, -0.25) is 0 Å². The second-order valence-electron chi connectivity index (χ2n) is 12.2. The molecule has 1 unspecified atom stereocenters. The van der Waals surface area contributed by atoms with Gasteiger partial charge in [0.15, 0.2) is 14.6 Å². The Labute approximate surface area is 224 Å². The molecule has 5 rings (SSSR count). The third kappa shape index (κ3) is 4.31. The van der Waals surface area contributed by atoms with Crippen molar-refractivity contribution in [3.05, 3.63) is 60.7 Å². The summed E-state index contributed by atoms with van der Waals surface area (Å²) in [5, 5.41) is 13.5. The van der Waals surface area contributed by atoms with Gasteiger partial charge in [0.1, 0.15) is 11.7 Å². The average molecular weight is 541 g/mol. The van der Waals surface area contributed by atoms with Crippen LogP contribution in [0.4, 0.5) is 0 Å². The Morgan fingerprint density at radius 1 is 0.892 bits per heavy atom. The van der Waals surface area contributed by atoms with Crippen LogP contribution in [0.3, 0.4) is 0 Å². The van der Waals surface area contributed by atoms with Crippen LogP contribution in [-0.2, 0) is 18.3 Å². The Hall–Kier alpha value is -1.33. The summed E-state index contributed by atoms with van der Waals surface area (Å²) in [5.41, 5.74) is -0.641. The highest BCUT2D eigenvalue weighted by molar-refractivity contribution is 6.99. The predicted molar refractivity (Wildman–Crippen MR) is 152 cm³/mol. The summed E-state index contributed by atoms with van der Waals surface area (Å²) in [6.07, 6.45) is -0.270. The normalized spacial score (nSPS) is 31.6. The fourth-order valence-electron chi connectivity index (χ4n) is 7.15. The van der Waals surface area contributed by atoms with Crippen LogP contribution in [0.1, 0.15) is 54.4 Å². The zero-order chi connectivity index (χ0) is 26.5. The van der Waals surface area contributed by atoms with Crippen molar-refractivity contribution in [2.24, 2.45) is 0 Å². The summed E-state index contributed by atoms with van der Waals surface area (Å²) in [7, 11) is -4.71. The van der Waals surface area contributed by atoms with Gasteiger partial charge in [0.2, 0.25) is 0 Å². The lowest BCUT2D eigenvalue weighted by molar-refractivity contribution is -0.136. The zero-order valence-corrected chi connectivity index (χ0v) is 25.3. The topological polar surface area (TPSA) is 57.2 Å². The maximum absolute atomic E-state index is 11.0. The molecule has 6 atom stereocenters. The van der Waals surface area contributed by atoms with Crippen molar-refractivity contribution in [1.29, 1.82) is 0 Å². The molecule has 3 saturated heterocycles. The molecule has 7 heteroatoms. The van der Waals surface area contributed by atoms with Crippen molar-refractivity contribution >= 4 is 27.0 Å². The van der Waals surface area contributed by atoms with Crippen LogP contribution in [-0.4, -0.2) is 58.0 Å². The van der Waals surface area contributed by atoms with Crippen molar-refractivity contribution in [2.75, 3.05) is 0 Å². The number of rotatable bonds is 9. The van der Waals surface area contributed by atoms with Crippen LogP contribution < -0.4 is 10.4 Å². The predicted octanol–water partition coefficient (Wildman–Crippen LogP) is 4.97. The molecular weight excluding hydrogens is 496 g/mol. The molecule has 0 aliphatic carbocycles. The standard InChI is InChI=1S/C30H44O5Si2/c1-7-36(8-2,9-3)35-27-28(31)32-26-20-24-25(21-30(26,27)33-24)34-37(29(4,5)6,22-16-12-10-13-17-22)23-18-14-11-15-19-23/h10-19,24-28,31H,7-9,20-21H2,1-6H3/t24-,25+,26+,27+,28?,30-/m1/s1. The lowest BCUT2D eigenvalue weighted by atomic mass is 9.82. The van der Waals surface area contributed by atoms with Crippen LogP contribution in [0.2, 0.25) is 23.2 Å². The molecule has 0 radical (unpaired) electrons. The minimum atomic E-state index is -2.72. The average Bonchev–Trinajstić information content (AvgIpc) is 3.52. The minimum Gasteiger partial charge on any atom is -0.406 e. The van der Waals surface area contributed by atoms with Gasteiger partial charge >= 0.3 is 0 Å². The Bertz CT molecular complexity index is 1010. The number of hydrogen-bond acceptors (Lipinski definition) is 5. The second kappa shape index (κ2) is 10.0. The molecule has 2 aromatic carbocycles. The smallest absolute Gasteiger partial charge is 0.261 e. The third-order valence-corrected chi connectivity index (χ3v) is 19.1. The van der Waals surface area contributed by atoms with E-state index in [-0.39, 0.29) is 23.4 Å². The number of fused-ring (bicyclic) bond motifs is 1. The van der Waals surface area contributed by atoms with Crippen LogP contribution in [0.15, 0.2) is 60.7 Å². The van der Waals surface area contributed by atoms with E-state index in [1.54, 1.807) is 0 Å². The van der Waals surface area contributed by atoms with E-state index < -0.39 is 34.6 Å². The van der Waals surface area contributed by atoms with Gasteiger partial charge in [-0.15, -0.1) is 0 Å². The highest BCUT2D eigenvalue weighted by atomic mass is 28.4. The van der Waals surface area contributed by atoms with Gasteiger partial charge in [-0.1, -0.05) is 102 Å². The van der Waals surface area contributed by atoms with E-state index in [4.69, 9.17) is 18.3 Å². The summed E-state index contributed by atoms with van der Waals surface area (Å²) in [4.78, 5) is 0. The molecule has 1 spiro atoms. The number of aliphatic hydroxyl groups is 1. The molecular formula is C30H44O5Si2. The highest BCUT2D eigenvalue weighted by Crippen LogP contribution is 2.56. The summed E-state index contributed by atoms with van der Waals surface area (Å²) in [6.45, 7) is 13.6. The van der Waals surface area contributed by atoms with Gasteiger partial charge < -0.3 is 23.4 Å². The molecule has 37 heavy (non-hydrogen) atoms. The molecule has 3 aliphatic heterocycles. The quantitative estimate of drug-likeness (QED) is 0.455. The molecule has 2 aromatic rings. The Kier molecular flexibility index (Phi) is 7.37. The van der Waals surface area contributed by atoms with E-state index in [2.05, 4.69) is 102 Å². The van der Waals surface area contributed by atoms with Crippen molar-refractivity contribution in [2.45, 2.75) is 114 Å². The second-order valence-corrected chi connectivity index (χ2v) is 21.1. The van der Waals surface area contributed by atoms with Crippen molar-refractivity contribution in [3.63, 3.8) is 0 Å².